The predicted octanol–water partition coefficient (Wildman–Crippen LogP) is 4.61. The Morgan fingerprint density at radius 2 is 1.83 bits per heavy atom. The van der Waals surface area contributed by atoms with E-state index in [0.29, 0.717) is 30.4 Å². The van der Waals surface area contributed by atoms with Gasteiger partial charge in [0.25, 0.3) is 0 Å². The van der Waals surface area contributed by atoms with E-state index in [-0.39, 0.29) is 29.7 Å². The van der Waals surface area contributed by atoms with Crippen LogP contribution in [0.4, 0.5) is 18.0 Å². The molecule has 0 atom stereocenters. The highest BCUT2D eigenvalue weighted by Gasteiger charge is 2.33. The molecule has 0 radical (unpaired) electrons. The van der Waals surface area contributed by atoms with Gasteiger partial charge in [-0.25, -0.2) is 4.79 Å². The van der Waals surface area contributed by atoms with Crippen molar-refractivity contribution in [3.8, 4) is 5.75 Å². The van der Waals surface area contributed by atoms with Crippen molar-refractivity contribution in [1.82, 2.24) is 10.2 Å². The summed E-state index contributed by atoms with van der Waals surface area (Å²) in [6, 6.07) is 4.23. The highest BCUT2D eigenvalue weighted by molar-refractivity contribution is 9.10. The van der Waals surface area contributed by atoms with Crippen molar-refractivity contribution in [2.24, 2.45) is 5.92 Å². The van der Waals surface area contributed by atoms with Gasteiger partial charge in [-0.1, -0.05) is 22.0 Å². The molecule has 0 aromatic heterocycles. The minimum absolute atomic E-state index is 0.0934. The van der Waals surface area contributed by atoms with Crippen LogP contribution in [0.5, 0.6) is 5.75 Å². The normalized spacial score (nSPS) is 15.8. The third kappa shape index (κ3) is 7.75. The topological polar surface area (TPSA) is 67.9 Å². The maximum atomic E-state index is 12.6. The number of piperidine rings is 1. The van der Waals surface area contributed by atoms with Gasteiger partial charge in [0.05, 0.1) is 0 Å². The zero-order valence-corrected chi connectivity index (χ0v) is 18.0. The summed E-state index contributed by atoms with van der Waals surface area (Å²) in [6.45, 7) is 6.02. The van der Waals surface area contributed by atoms with E-state index < -0.39 is 18.1 Å². The lowest BCUT2D eigenvalue weighted by Crippen LogP contribution is -2.44. The van der Waals surface area contributed by atoms with Crippen LogP contribution in [-0.4, -0.2) is 42.0 Å². The standard InChI is InChI=1S/C19H24BrF3N2O4/c1-18(2,3)29-17(27)25-8-6-12(7-9-25)16(26)24-11-13-4-5-14(20)10-15(13)28-19(21,22)23/h4-5,10,12H,6-9,11H2,1-3H3,(H,24,26). The first-order chi connectivity index (χ1) is 13.3. The summed E-state index contributed by atoms with van der Waals surface area (Å²) < 4.78 is 47.5. The number of nitrogens with zero attached hydrogens (tertiary/aromatic N) is 1. The van der Waals surface area contributed by atoms with Gasteiger partial charge in [-0.15, -0.1) is 13.2 Å². The lowest BCUT2D eigenvalue weighted by Gasteiger charge is -2.33. The van der Waals surface area contributed by atoms with E-state index in [1.807, 2.05) is 0 Å². The summed E-state index contributed by atoms with van der Waals surface area (Å²) in [7, 11) is 0. The van der Waals surface area contributed by atoms with Gasteiger partial charge in [-0.2, -0.15) is 0 Å². The number of carbonyl (C=O) groups excluding carboxylic acids is 2. The Labute approximate surface area is 175 Å². The minimum Gasteiger partial charge on any atom is -0.444 e. The average molecular weight is 481 g/mol. The second-order valence-electron chi connectivity index (χ2n) is 7.76. The first kappa shape index (κ1) is 23.3. The van der Waals surface area contributed by atoms with Crippen molar-refractivity contribution in [2.75, 3.05) is 13.1 Å². The second-order valence-corrected chi connectivity index (χ2v) is 8.67. The molecule has 0 unspecified atom stereocenters. The van der Waals surface area contributed by atoms with E-state index in [1.54, 1.807) is 31.7 Å². The van der Waals surface area contributed by atoms with Crippen LogP contribution in [0.2, 0.25) is 0 Å². The van der Waals surface area contributed by atoms with E-state index in [2.05, 4.69) is 26.0 Å². The average Bonchev–Trinajstić information content (AvgIpc) is 2.58. The van der Waals surface area contributed by atoms with Gasteiger partial charge in [0.2, 0.25) is 5.91 Å². The molecule has 1 saturated heterocycles. The molecular weight excluding hydrogens is 457 g/mol. The first-order valence-electron chi connectivity index (χ1n) is 9.14. The quantitative estimate of drug-likeness (QED) is 0.682. The van der Waals surface area contributed by atoms with E-state index >= 15 is 0 Å². The van der Waals surface area contributed by atoms with Gasteiger partial charge >= 0.3 is 12.5 Å². The molecule has 1 aromatic rings. The van der Waals surface area contributed by atoms with Gasteiger partial charge in [-0.3, -0.25) is 4.79 Å². The van der Waals surface area contributed by atoms with Gasteiger partial charge in [0.1, 0.15) is 11.4 Å². The largest absolute Gasteiger partial charge is 0.573 e. The number of rotatable bonds is 4. The third-order valence-electron chi connectivity index (χ3n) is 4.23. The number of halogens is 4. The summed E-state index contributed by atoms with van der Waals surface area (Å²) in [4.78, 5) is 26.1. The van der Waals surface area contributed by atoms with Crippen LogP contribution in [0.1, 0.15) is 39.2 Å². The zero-order valence-electron chi connectivity index (χ0n) is 16.4. The van der Waals surface area contributed by atoms with Crippen LogP contribution in [0.3, 0.4) is 0 Å². The molecule has 1 fully saturated rings. The maximum Gasteiger partial charge on any atom is 0.573 e. The smallest absolute Gasteiger partial charge is 0.444 e. The zero-order chi connectivity index (χ0) is 21.8. The van der Waals surface area contributed by atoms with Crippen molar-refractivity contribution in [3.63, 3.8) is 0 Å². The monoisotopic (exact) mass is 480 g/mol. The molecular formula is C19H24BrF3N2O4. The number of carbonyl (C=O) groups is 2. The van der Waals surface area contributed by atoms with Crippen LogP contribution in [-0.2, 0) is 16.1 Å². The highest BCUT2D eigenvalue weighted by atomic mass is 79.9. The molecule has 0 aliphatic carbocycles. The Morgan fingerprint density at radius 3 is 2.38 bits per heavy atom. The third-order valence-corrected chi connectivity index (χ3v) is 4.72. The van der Waals surface area contributed by atoms with Crippen molar-refractivity contribution in [3.05, 3.63) is 28.2 Å². The lowest BCUT2D eigenvalue weighted by atomic mass is 9.96. The Balaban J connectivity index is 1.89. The van der Waals surface area contributed by atoms with Crippen molar-refractivity contribution >= 4 is 27.9 Å². The number of hydrogen-bond acceptors (Lipinski definition) is 4. The fraction of sp³-hybridized carbons (Fsp3) is 0.579. The Bertz CT molecular complexity index is 742. The molecule has 162 valence electrons. The Kier molecular flexibility index (Phi) is 7.42. The molecule has 1 aromatic carbocycles. The summed E-state index contributed by atoms with van der Waals surface area (Å²) in [5.74, 6) is -0.960. The molecule has 6 nitrogen and oxygen atoms in total. The van der Waals surface area contributed by atoms with E-state index in [4.69, 9.17) is 4.74 Å². The fourth-order valence-electron chi connectivity index (χ4n) is 2.87. The number of hydrogen-bond donors (Lipinski definition) is 1. The molecule has 1 N–H and O–H groups in total. The fourth-order valence-corrected chi connectivity index (χ4v) is 3.21. The van der Waals surface area contributed by atoms with Crippen LogP contribution < -0.4 is 10.1 Å². The summed E-state index contributed by atoms with van der Waals surface area (Å²) in [6.07, 6.45) is -4.33. The van der Waals surface area contributed by atoms with Crippen molar-refractivity contribution in [1.29, 1.82) is 0 Å². The molecule has 29 heavy (non-hydrogen) atoms. The Morgan fingerprint density at radius 1 is 1.21 bits per heavy atom. The predicted molar refractivity (Wildman–Crippen MR) is 103 cm³/mol. The lowest BCUT2D eigenvalue weighted by molar-refractivity contribution is -0.274. The molecule has 2 rings (SSSR count). The van der Waals surface area contributed by atoms with Gasteiger partial charge < -0.3 is 19.7 Å². The molecule has 0 saturated carbocycles. The molecule has 10 heteroatoms. The number of likely N-dealkylation sites (tertiary alicyclic amines) is 1. The van der Waals surface area contributed by atoms with E-state index in [0.717, 1.165) is 0 Å². The molecule has 0 bridgehead atoms. The van der Waals surface area contributed by atoms with Crippen LogP contribution in [0, 0.1) is 5.92 Å². The van der Waals surface area contributed by atoms with Crippen LogP contribution >= 0.6 is 15.9 Å². The molecule has 1 heterocycles. The number of ether oxygens (including phenoxy) is 2. The van der Waals surface area contributed by atoms with Crippen molar-refractivity contribution < 1.29 is 32.2 Å². The number of benzene rings is 1. The van der Waals surface area contributed by atoms with Gasteiger partial charge in [-0.05, 0) is 45.7 Å². The van der Waals surface area contributed by atoms with Gasteiger partial charge in [0, 0.05) is 35.6 Å². The molecule has 1 aliphatic rings. The maximum absolute atomic E-state index is 12.6. The van der Waals surface area contributed by atoms with Crippen LogP contribution in [0.15, 0.2) is 22.7 Å². The van der Waals surface area contributed by atoms with Gasteiger partial charge in [0.15, 0.2) is 0 Å². The summed E-state index contributed by atoms with van der Waals surface area (Å²) in [5.41, 5.74) is -0.378. The number of amides is 2. The minimum atomic E-state index is -4.83. The first-order valence-corrected chi connectivity index (χ1v) is 9.93. The van der Waals surface area contributed by atoms with Crippen molar-refractivity contribution in [2.45, 2.75) is 52.1 Å². The molecule has 1 aliphatic heterocycles. The van der Waals surface area contributed by atoms with E-state index in [9.17, 15) is 22.8 Å². The van der Waals surface area contributed by atoms with Crippen LogP contribution in [0.25, 0.3) is 0 Å². The second kappa shape index (κ2) is 9.23. The SMILES string of the molecule is CC(C)(C)OC(=O)N1CCC(C(=O)NCc2ccc(Br)cc2OC(F)(F)F)CC1. The summed E-state index contributed by atoms with van der Waals surface area (Å²) >= 11 is 3.10. The summed E-state index contributed by atoms with van der Waals surface area (Å²) in [5, 5.41) is 2.66. The highest BCUT2D eigenvalue weighted by Crippen LogP contribution is 2.29. The molecule has 0 spiro atoms. The number of nitrogens with one attached hydrogen (secondary N) is 1. The van der Waals surface area contributed by atoms with E-state index in [1.165, 1.54) is 12.1 Å². The molecule has 2 amide bonds. The number of alkyl halides is 3. The Hall–Kier alpha value is -1.97.